The van der Waals surface area contributed by atoms with E-state index in [1.165, 1.54) is 22.6 Å². The molecule has 5 rings (SSSR count). The Morgan fingerprint density at radius 2 is 2.06 bits per heavy atom. The van der Waals surface area contributed by atoms with Gasteiger partial charge in [-0.25, -0.2) is 12.8 Å². The van der Waals surface area contributed by atoms with Gasteiger partial charge in [0.05, 0.1) is 35.0 Å². The summed E-state index contributed by atoms with van der Waals surface area (Å²) in [6.45, 7) is 0.0106. The van der Waals surface area contributed by atoms with Crippen molar-refractivity contribution in [3.05, 3.63) is 70.8 Å². The smallest absolute Gasteiger partial charge is 0.233 e. The highest BCUT2D eigenvalue weighted by Gasteiger charge is 2.49. The van der Waals surface area contributed by atoms with Crippen molar-refractivity contribution < 1.29 is 17.6 Å². The molecule has 2 aromatic carbocycles. The molecule has 1 saturated carbocycles. The van der Waals surface area contributed by atoms with Gasteiger partial charge in [-0.2, -0.15) is 9.57 Å². The van der Waals surface area contributed by atoms with Crippen LogP contribution in [-0.2, 0) is 21.4 Å². The van der Waals surface area contributed by atoms with Gasteiger partial charge in [0.2, 0.25) is 15.9 Å². The van der Waals surface area contributed by atoms with Gasteiger partial charge in [-0.05, 0) is 54.3 Å². The van der Waals surface area contributed by atoms with Gasteiger partial charge in [0.25, 0.3) is 0 Å². The summed E-state index contributed by atoms with van der Waals surface area (Å²) in [5.41, 5.74) is 0.794. The number of sulfonamides is 1. The van der Waals surface area contributed by atoms with Crippen LogP contribution in [0.5, 0.6) is 0 Å². The summed E-state index contributed by atoms with van der Waals surface area (Å²) >= 11 is 6.19. The minimum absolute atomic E-state index is 0.0877. The highest BCUT2D eigenvalue weighted by molar-refractivity contribution is 7.89. The van der Waals surface area contributed by atoms with Crippen molar-refractivity contribution in [3.8, 4) is 6.07 Å². The van der Waals surface area contributed by atoms with Crippen molar-refractivity contribution >= 4 is 44.0 Å². The highest BCUT2D eigenvalue weighted by atomic mass is 35.5. The predicted molar refractivity (Wildman–Crippen MR) is 126 cm³/mol. The maximum Gasteiger partial charge on any atom is 0.233 e. The number of aromatic nitrogens is 1. The zero-order valence-electron chi connectivity index (χ0n) is 18.0. The fraction of sp³-hybridized carbons (Fsp3) is 0.292. The summed E-state index contributed by atoms with van der Waals surface area (Å²) in [5.74, 6) is -2.02. The zero-order chi connectivity index (χ0) is 24.1. The summed E-state index contributed by atoms with van der Waals surface area (Å²) in [5, 5.41) is 13.7. The SMILES string of the molecule is N#CC1(CS(=O)(=O)N2Cc3ccc(Cl)cc3C(C(=O)Nc3cncc4ccc(F)cc34)C2)CC1. The van der Waals surface area contributed by atoms with Gasteiger partial charge in [0.15, 0.2) is 0 Å². The Morgan fingerprint density at radius 3 is 2.79 bits per heavy atom. The summed E-state index contributed by atoms with van der Waals surface area (Å²) in [4.78, 5) is 17.6. The lowest BCUT2D eigenvalue weighted by Crippen LogP contribution is -2.44. The molecular weight excluding hydrogens is 479 g/mol. The number of nitrogens with one attached hydrogen (secondary N) is 1. The van der Waals surface area contributed by atoms with Gasteiger partial charge in [0.1, 0.15) is 5.82 Å². The van der Waals surface area contributed by atoms with E-state index < -0.39 is 33.1 Å². The average molecular weight is 499 g/mol. The molecule has 0 radical (unpaired) electrons. The Balaban J connectivity index is 1.48. The number of fused-ring (bicyclic) bond motifs is 2. The average Bonchev–Trinajstić information content (AvgIpc) is 3.57. The van der Waals surface area contributed by atoms with E-state index in [1.54, 1.807) is 30.5 Å². The monoisotopic (exact) mass is 498 g/mol. The molecule has 0 spiro atoms. The zero-order valence-corrected chi connectivity index (χ0v) is 19.5. The number of pyridine rings is 1. The molecule has 1 aliphatic heterocycles. The molecule has 2 heterocycles. The molecule has 174 valence electrons. The van der Waals surface area contributed by atoms with Crippen molar-refractivity contribution in [3.63, 3.8) is 0 Å². The molecule has 10 heteroatoms. The molecular formula is C24H20ClFN4O3S. The van der Waals surface area contributed by atoms with Crippen molar-refractivity contribution in [1.29, 1.82) is 5.26 Å². The van der Waals surface area contributed by atoms with Crippen molar-refractivity contribution in [2.75, 3.05) is 17.6 Å². The predicted octanol–water partition coefficient (Wildman–Crippen LogP) is 4.20. The van der Waals surface area contributed by atoms with Gasteiger partial charge in [-0.1, -0.05) is 17.7 Å². The van der Waals surface area contributed by atoms with Gasteiger partial charge in [-0.15, -0.1) is 0 Å². The first-order valence-corrected chi connectivity index (χ1v) is 12.7. The minimum Gasteiger partial charge on any atom is -0.324 e. The first-order chi connectivity index (χ1) is 16.2. The number of benzene rings is 2. The van der Waals surface area contributed by atoms with Crippen molar-refractivity contribution in [2.45, 2.75) is 25.3 Å². The number of hydrogen-bond acceptors (Lipinski definition) is 5. The van der Waals surface area contributed by atoms with Gasteiger partial charge in [-0.3, -0.25) is 9.78 Å². The van der Waals surface area contributed by atoms with Crippen LogP contribution < -0.4 is 5.32 Å². The normalized spacial score (nSPS) is 19.3. The molecule has 1 fully saturated rings. The fourth-order valence-electron chi connectivity index (χ4n) is 4.36. The number of rotatable bonds is 5. The Kier molecular flexibility index (Phi) is 5.55. The molecule has 1 atom stereocenters. The minimum atomic E-state index is -3.79. The quantitative estimate of drug-likeness (QED) is 0.568. The summed E-state index contributed by atoms with van der Waals surface area (Å²) in [6.07, 6.45) is 4.10. The van der Waals surface area contributed by atoms with E-state index in [2.05, 4.69) is 16.4 Å². The Bertz CT molecular complexity index is 1470. The topological polar surface area (TPSA) is 103 Å². The lowest BCUT2D eigenvalue weighted by molar-refractivity contribution is -0.118. The van der Waals surface area contributed by atoms with Crippen LogP contribution in [0.2, 0.25) is 5.02 Å². The molecule has 1 unspecified atom stereocenters. The van der Waals surface area contributed by atoms with Crippen LogP contribution in [0.4, 0.5) is 10.1 Å². The molecule has 1 aromatic heterocycles. The lowest BCUT2D eigenvalue weighted by atomic mass is 9.90. The first kappa shape index (κ1) is 22.7. The third-order valence-corrected chi connectivity index (χ3v) is 8.67. The van der Waals surface area contributed by atoms with Gasteiger partial charge >= 0.3 is 0 Å². The van der Waals surface area contributed by atoms with Crippen LogP contribution in [0.3, 0.4) is 0 Å². The van der Waals surface area contributed by atoms with Crippen LogP contribution in [-0.4, -0.2) is 35.9 Å². The third kappa shape index (κ3) is 4.25. The molecule has 0 bridgehead atoms. The van der Waals surface area contributed by atoms with Crippen LogP contribution in [0.15, 0.2) is 48.8 Å². The molecule has 1 N–H and O–H groups in total. The largest absolute Gasteiger partial charge is 0.324 e. The van der Waals surface area contributed by atoms with Crippen LogP contribution >= 0.6 is 11.6 Å². The number of amides is 1. The molecule has 1 aliphatic carbocycles. The molecule has 34 heavy (non-hydrogen) atoms. The number of hydrogen-bond donors (Lipinski definition) is 1. The standard InChI is InChI=1S/C24H20ClFN4O3S/c25-17-3-1-16-11-30(34(32,33)14-24(13-27)5-6-24)12-21(19(16)7-17)23(31)29-22-10-28-9-15-2-4-18(26)8-20(15)22/h1-4,7-10,21H,5-6,11-12,14H2,(H,29,31). The van der Waals surface area contributed by atoms with E-state index in [1.807, 2.05) is 0 Å². The molecule has 3 aromatic rings. The summed E-state index contributed by atoms with van der Waals surface area (Å²) < 4.78 is 41.5. The van der Waals surface area contributed by atoms with E-state index in [0.717, 1.165) is 0 Å². The molecule has 2 aliphatic rings. The van der Waals surface area contributed by atoms with E-state index >= 15 is 0 Å². The number of anilines is 1. The van der Waals surface area contributed by atoms with Gasteiger partial charge in [0, 0.05) is 35.1 Å². The highest BCUT2D eigenvalue weighted by Crippen LogP contribution is 2.47. The Labute approximate surface area is 201 Å². The summed E-state index contributed by atoms with van der Waals surface area (Å²) in [6, 6.07) is 11.4. The number of nitrogens with zero attached hydrogens (tertiary/aromatic N) is 3. The second-order valence-corrected chi connectivity index (χ2v) is 11.3. The lowest BCUT2D eigenvalue weighted by Gasteiger charge is -2.34. The van der Waals surface area contributed by atoms with Gasteiger partial charge < -0.3 is 5.32 Å². The maximum absolute atomic E-state index is 13.9. The molecule has 1 amide bonds. The van der Waals surface area contributed by atoms with Crippen LogP contribution in [0.1, 0.15) is 29.9 Å². The van der Waals surface area contributed by atoms with E-state index in [4.69, 9.17) is 11.6 Å². The number of carbonyl (C=O) groups is 1. The fourth-order valence-corrected chi connectivity index (χ4v) is 6.49. The van der Waals surface area contributed by atoms with Crippen LogP contribution in [0.25, 0.3) is 10.8 Å². The van der Waals surface area contributed by atoms with Crippen molar-refractivity contribution in [2.24, 2.45) is 5.41 Å². The second-order valence-electron chi connectivity index (χ2n) is 8.88. The molecule has 7 nitrogen and oxygen atoms in total. The summed E-state index contributed by atoms with van der Waals surface area (Å²) in [7, 11) is -3.79. The van der Waals surface area contributed by atoms with E-state index in [0.29, 0.717) is 45.5 Å². The number of halogens is 2. The maximum atomic E-state index is 13.9. The van der Waals surface area contributed by atoms with E-state index in [9.17, 15) is 22.9 Å². The van der Waals surface area contributed by atoms with E-state index in [-0.39, 0.29) is 18.8 Å². The number of carbonyl (C=O) groups excluding carboxylic acids is 1. The third-order valence-electron chi connectivity index (χ3n) is 6.46. The number of nitriles is 1. The Morgan fingerprint density at radius 1 is 1.26 bits per heavy atom. The molecule has 0 saturated heterocycles. The van der Waals surface area contributed by atoms with Crippen LogP contribution in [0, 0.1) is 22.6 Å². The Hall–Kier alpha value is -3.06. The first-order valence-electron chi connectivity index (χ1n) is 10.7. The van der Waals surface area contributed by atoms with Crippen molar-refractivity contribution in [1.82, 2.24) is 9.29 Å². The second kappa shape index (κ2) is 8.31.